The predicted molar refractivity (Wildman–Crippen MR) is 111 cm³/mol. The highest BCUT2D eigenvalue weighted by Gasteiger charge is 2.29. The van der Waals surface area contributed by atoms with Crippen LogP contribution in [0.3, 0.4) is 0 Å². The Bertz CT molecular complexity index is 491. The zero-order valence-corrected chi connectivity index (χ0v) is 19.1. The van der Waals surface area contributed by atoms with E-state index in [1.54, 1.807) is 23.5 Å². The second kappa shape index (κ2) is 15.2. The van der Waals surface area contributed by atoms with E-state index < -0.39 is 12.0 Å². The van der Waals surface area contributed by atoms with Crippen LogP contribution in [0.2, 0.25) is 0 Å². The molecule has 0 aromatic heterocycles. The second-order valence-corrected chi connectivity index (χ2v) is 9.09. The highest BCUT2D eigenvalue weighted by molar-refractivity contribution is 7.98. The largest absolute Gasteiger partial charge is 1.00 e. The molecule has 0 aliphatic heterocycles. The summed E-state index contributed by atoms with van der Waals surface area (Å²) in [7, 11) is 0. The van der Waals surface area contributed by atoms with Crippen molar-refractivity contribution in [3.63, 3.8) is 0 Å². The maximum absolute atomic E-state index is 12.4. The van der Waals surface area contributed by atoms with Gasteiger partial charge in [0.05, 0.1) is 0 Å². The van der Waals surface area contributed by atoms with Crippen LogP contribution in [0.15, 0.2) is 0 Å². The summed E-state index contributed by atoms with van der Waals surface area (Å²) in [6.45, 7) is 0.629. The Morgan fingerprint density at radius 3 is 2.18 bits per heavy atom. The van der Waals surface area contributed by atoms with Gasteiger partial charge in [-0.05, 0) is 62.0 Å². The molecule has 1 aliphatic rings. The summed E-state index contributed by atoms with van der Waals surface area (Å²) < 4.78 is 0. The van der Waals surface area contributed by atoms with Gasteiger partial charge in [-0.1, -0.05) is 0 Å². The molecular formula is C18H34ClN3O4S2. The molecule has 1 rings (SSSR count). The molecule has 0 aromatic rings. The first-order chi connectivity index (χ1) is 12.9. The molecule has 164 valence electrons. The van der Waals surface area contributed by atoms with Crippen LogP contribution >= 0.6 is 23.5 Å². The molecule has 7 nitrogen and oxygen atoms in total. The van der Waals surface area contributed by atoms with Gasteiger partial charge in [0, 0.05) is 18.9 Å². The van der Waals surface area contributed by atoms with E-state index in [-0.39, 0.29) is 36.2 Å². The van der Waals surface area contributed by atoms with Gasteiger partial charge in [-0.15, -0.1) is 0 Å². The number of hydrogen-bond acceptors (Lipinski definition) is 5. The number of carbonyl (C=O) groups is 3. The van der Waals surface area contributed by atoms with Crippen molar-refractivity contribution in [1.29, 1.82) is 0 Å². The average Bonchev–Trinajstić information content (AvgIpc) is 2.67. The molecule has 6 N–H and O–H groups in total. The summed E-state index contributed by atoms with van der Waals surface area (Å²) in [5, 5.41) is 14.9. The van der Waals surface area contributed by atoms with E-state index in [0.717, 1.165) is 37.9 Å². The number of halogens is 1. The first-order valence-electron chi connectivity index (χ1n) is 9.50. The molecular weight excluding hydrogens is 422 g/mol. The first kappa shape index (κ1) is 27.4. The van der Waals surface area contributed by atoms with Crippen molar-refractivity contribution in [2.45, 2.75) is 50.6 Å². The Morgan fingerprint density at radius 2 is 1.64 bits per heavy atom. The lowest BCUT2D eigenvalue weighted by atomic mass is 9.81. The third kappa shape index (κ3) is 10.2. The predicted octanol–water partition coefficient (Wildman–Crippen LogP) is -2.40. The molecule has 0 unspecified atom stereocenters. The average molecular weight is 456 g/mol. The molecule has 2 amide bonds. The van der Waals surface area contributed by atoms with Crippen LogP contribution in [0.5, 0.6) is 0 Å². The second-order valence-electron chi connectivity index (χ2n) is 7.12. The van der Waals surface area contributed by atoms with Crippen LogP contribution in [0.4, 0.5) is 0 Å². The summed E-state index contributed by atoms with van der Waals surface area (Å²) in [4.78, 5) is 35.7. The standard InChI is InChI=1S/C18H33N3O4S2.ClH/c1-26-9-7-14(19)17(23)20-11-12-3-5-13(6-4-12)16(22)21-15(18(24)25)8-10-27-2;/h12-15H,3-11,19H2,1-2H3,(H,20,23)(H,21,22)(H,24,25);1H/t12?,13?,14-,15-;/m0./s1. The fourth-order valence-corrected chi connectivity index (χ4v) is 4.18. The SMILES string of the molecule is CSCC[C@H](NC(=O)C1CCC(CNC(=O)[C@@H]([NH3+])CCSC)CC1)C(=O)O.[Cl-]. The molecule has 0 heterocycles. The van der Waals surface area contributed by atoms with Crippen molar-refractivity contribution in [2.24, 2.45) is 11.8 Å². The molecule has 1 fully saturated rings. The molecule has 0 aromatic carbocycles. The van der Waals surface area contributed by atoms with Gasteiger partial charge in [0.2, 0.25) is 5.91 Å². The zero-order valence-electron chi connectivity index (χ0n) is 16.7. The van der Waals surface area contributed by atoms with Crippen LogP contribution in [0.1, 0.15) is 38.5 Å². The van der Waals surface area contributed by atoms with Gasteiger partial charge in [0.15, 0.2) is 6.04 Å². The number of quaternary nitrogens is 1. The highest BCUT2D eigenvalue weighted by Crippen LogP contribution is 2.28. The van der Waals surface area contributed by atoms with Gasteiger partial charge in [-0.25, -0.2) is 4.79 Å². The Kier molecular flexibility index (Phi) is 14.9. The minimum absolute atomic E-state index is 0. The molecule has 1 saturated carbocycles. The summed E-state index contributed by atoms with van der Waals surface area (Å²) >= 11 is 3.28. The van der Waals surface area contributed by atoms with Crippen LogP contribution in [-0.2, 0) is 14.4 Å². The van der Waals surface area contributed by atoms with Gasteiger partial charge in [-0.3, -0.25) is 9.59 Å². The van der Waals surface area contributed by atoms with Crippen LogP contribution in [0.25, 0.3) is 0 Å². The number of thioether (sulfide) groups is 2. The number of carbonyl (C=O) groups excluding carboxylic acids is 2. The van der Waals surface area contributed by atoms with E-state index in [0.29, 0.717) is 24.6 Å². The first-order valence-corrected chi connectivity index (χ1v) is 12.3. The lowest BCUT2D eigenvalue weighted by Gasteiger charge is -2.29. The van der Waals surface area contributed by atoms with Gasteiger partial charge < -0.3 is 33.9 Å². The number of amides is 2. The van der Waals surface area contributed by atoms with Gasteiger partial charge in [0.25, 0.3) is 5.91 Å². The fraction of sp³-hybridized carbons (Fsp3) is 0.833. The Labute approximate surface area is 182 Å². The Hall–Kier alpha value is -0.640. The fourth-order valence-electron chi connectivity index (χ4n) is 3.19. The van der Waals surface area contributed by atoms with Crippen molar-refractivity contribution in [2.75, 3.05) is 30.6 Å². The summed E-state index contributed by atoms with van der Waals surface area (Å²) in [5.74, 6) is 0.748. The number of carboxylic acids is 1. The molecule has 28 heavy (non-hydrogen) atoms. The molecule has 0 saturated heterocycles. The van der Waals surface area contributed by atoms with E-state index in [1.807, 2.05) is 12.5 Å². The maximum Gasteiger partial charge on any atom is 0.326 e. The number of nitrogens with one attached hydrogen (secondary N) is 2. The van der Waals surface area contributed by atoms with Gasteiger partial charge in [-0.2, -0.15) is 23.5 Å². The van der Waals surface area contributed by atoms with E-state index in [2.05, 4.69) is 16.4 Å². The topological polar surface area (TPSA) is 123 Å². The van der Waals surface area contributed by atoms with Crippen LogP contribution in [-0.4, -0.2) is 65.5 Å². The van der Waals surface area contributed by atoms with E-state index >= 15 is 0 Å². The quantitative estimate of drug-likeness (QED) is 0.260. The van der Waals surface area contributed by atoms with Crippen LogP contribution < -0.4 is 28.8 Å². The van der Waals surface area contributed by atoms with Crippen molar-refractivity contribution in [1.82, 2.24) is 10.6 Å². The van der Waals surface area contributed by atoms with Gasteiger partial charge >= 0.3 is 5.97 Å². The summed E-state index contributed by atoms with van der Waals surface area (Å²) in [6, 6.07) is -1.02. The van der Waals surface area contributed by atoms with E-state index in [9.17, 15) is 19.5 Å². The molecule has 0 spiro atoms. The van der Waals surface area contributed by atoms with Crippen LogP contribution in [0, 0.1) is 11.8 Å². The number of carboxylic acid groups (broad SMARTS) is 1. The maximum atomic E-state index is 12.4. The van der Waals surface area contributed by atoms with Crippen molar-refractivity contribution in [3.05, 3.63) is 0 Å². The lowest BCUT2D eigenvalue weighted by Crippen LogP contribution is -3.00. The number of rotatable bonds is 12. The third-order valence-electron chi connectivity index (χ3n) is 5.05. The zero-order chi connectivity index (χ0) is 20.2. The molecule has 2 atom stereocenters. The number of hydrogen-bond donors (Lipinski definition) is 4. The van der Waals surface area contributed by atoms with Crippen molar-refractivity contribution in [3.8, 4) is 0 Å². The van der Waals surface area contributed by atoms with E-state index in [4.69, 9.17) is 0 Å². The lowest BCUT2D eigenvalue weighted by molar-refractivity contribution is -0.403. The summed E-state index contributed by atoms with van der Waals surface area (Å²) in [6.07, 6.45) is 8.36. The van der Waals surface area contributed by atoms with Crippen molar-refractivity contribution >= 4 is 41.3 Å². The van der Waals surface area contributed by atoms with Crippen molar-refractivity contribution < 1.29 is 37.6 Å². The third-order valence-corrected chi connectivity index (χ3v) is 6.34. The highest BCUT2D eigenvalue weighted by atomic mass is 35.5. The molecule has 0 radical (unpaired) electrons. The normalized spacial score (nSPS) is 21.1. The smallest absolute Gasteiger partial charge is 0.326 e. The Morgan fingerprint density at radius 1 is 1.07 bits per heavy atom. The molecule has 10 heteroatoms. The minimum Gasteiger partial charge on any atom is -1.00 e. The van der Waals surface area contributed by atoms with E-state index in [1.165, 1.54) is 0 Å². The number of aliphatic carboxylic acids is 1. The monoisotopic (exact) mass is 455 g/mol. The Balaban J connectivity index is 0.00000729. The minimum atomic E-state index is -0.974. The van der Waals surface area contributed by atoms with Gasteiger partial charge in [0.1, 0.15) is 6.04 Å². The molecule has 0 bridgehead atoms. The molecule has 1 aliphatic carbocycles. The summed E-state index contributed by atoms with van der Waals surface area (Å²) in [5.41, 5.74) is 3.91.